The van der Waals surface area contributed by atoms with E-state index in [4.69, 9.17) is 18.9 Å². The van der Waals surface area contributed by atoms with Gasteiger partial charge in [-0.15, -0.1) is 0 Å². The molecule has 2 aromatic carbocycles. The summed E-state index contributed by atoms with van der Waals surface area (Å²) in [5.74, 6) is 0. The average molecular weight is 498 g/mol. The van der Waals surface area contributed by atoms with Crippen molar-refractivity contribution in [1.29, 1.82) is 0 Å². The minimum absolute atomic E-state index is 0.206. The molecule has 198 valence electrons. The van der Waals surface area contributed by atoms with E-state index in [9.17, 15) is 4.79 Å². The number of carbonyl (C=O) groups is 1. The largest absolute Gasteiger partial charge is 0.444 e. The van der Waals surface area contributed by atoms with Gasteiger partial charge < -0.3 is 23.8 Å². The van der Waals surface area contributed by atoms with E-state index in [1.54, 1.807) is 11.9 Å². The Morgan fingerprint density at radius 2 is 1.42 bits per heavy atom. The van der Waals surface area contributed by atoms with Crippen LogP contribution in [0.4, 0.5) is 4.79 Å². The average Bonchev–Trinajstić information content (AvgIpc) is 3.21. The monoisotopic (exact) mass is 497 g/mol. The highest BCUT2D eigenvalue weighted by atomic mass is 16.6. The zero-order valence-electron chi connectivity index (χ0n) is 22.5. The van der Waals surface area contributed by atoms with Crippen molar-refractivity contribution >= 4 is 6.09 Å². The summed E-state index contributed by atoms with van der Waals surface area (Å²) >= 11 is 0. The molecule has 0 bridgehead atoms. The molecule has 2 aromatic rings. The first kappa shape index (κ1) is 28.2. The Kier molecular flexibility index (Phi) is 10.8. The van der Waals surface area contributed by atoms with Crippen LogP contribution in [0.5, 0.6) is 0 Å². The van der Waals surface area contributed by atoms with Gasteiger partial charge in [-0.2, -0.15) is 0 Å². The fourth-order valence-corrected chi connectivity index (χ4v) is 4.52. The zero-order chi connectivity index (χ0) is 26.0. The van der Waals surface area contributed by atoms with Crippen molar-refractivity contribution in [1.82, 2.24) is 4.90 Å². The Labute approximate surface area is 216 Å². The first-order chi connectivity index (χ1) is 17.3. The molecule has 0 N–H and O–H groups in total. The standard InChI is InChI=1S/C30H43NO5/c1-6-7-14-19-33-28-26(35-22-24-17-12-9-13-18-24)20-25(34-21-23-15-10-8-11-16-23)27(28)31(5)29(32)36-30(2,3)4/h8-13,15-18,25-28H,6-7,14,19-22H2,1-5H3/t25-,26+,27+,28+/m1/s1. The van der Waals surface area contributed by atoms with Crippen LogP contribution in [-0.4, -0.2) is 54.6 Å². The Balaban J connectivity index is 1.81. The van der Waals surface area contributed by atoms with Gasteiger partial charge in [-0.3, -0.25) is 0 Å². The van der Waals surface area contributed by atoms with Crippen LogP contribution < -0.4 is 0 Å². The number of hydrogen-bond acceptors (Lipinski definition) is 5. The Hall–Kier alpha value is -2.41. The van der Waals surface area contributed by atoms with E-state index in [2.05, 4.69) is 19.1 Å². The zero-order valence-corrected chi connectivity index (χ0v) is 22.5. The maximum Gasteiger partial charge on any atom is 0.410 e. The van der Waals surface area contributed by atoms with Gasteiger partial charge >= 0.3 is 6.09 Å². The van der Waals surface area contributed by atoms with Gasteiger partial charge in [0.05, 0.1) is 31.5 Å². The second kappa shape index (κ2) is 13.8. The molecule has 1 aliphatic rings. The number of likely N-dealkylation sites (N-methyl/N-ethyl adjacent to an activating group) is 1. The number of carbonyl (C=O) groups excluding carboxylic acids is 1. The molecule has 0 heterocycles. The fraction of sp³-hybridized carbons (Fsp3) is 0.567. The van der Waals surface area contributed by atoms with Crippen LogP contribution in [-0.2, 0) is 32.2 Å². The topological polar surface area (TPSA) is 57.2 Å². The second-order valence-electron chi connectivity index (χ2n) is 10.5. The molecule has 0 aliphatic heterocycles. The summed E-state index contributed by atoms with van der Waals surface area (Å²) in [7, 11) is 1.78. The van der Waals surface area contributed by atoms with E-state index in [0.29, 0.717) is 26.2 Å². The van der Waals surface area contributed by atoms with Gasteiger partial charge in [0.25, 0.3) is 0 Å². The van der Waals surface area contributed by atoms with E-state index in [1.165, 1.54) is 0 Å². The Morgan fingerprint density at radius 3 is 1.94 bits per heavy atom. The fourth-order valence-electron chi connectivity index (χ4n) is 4.52. The van der Waals surface area contributed by atoms with E-state index in [-0.39, 0.29) is 30.4 Å². The molecule has 3 rings (SSSR count). The summed E-state index contributed by atoms with van der Waals surface area (Å²) in [6, 6.07) is 19.9. The number of unbranched alkanes of at least 4 members (excludes halogenated alkanes) is 2. The van der Waals surface area contributed by atoms with Crippen molar-refractivity contribution in [3.8, 4) is 0 Å². The molecule has 1 fully saturated rings. The quantitative estimate of drug-likeness (QED) is 0.319. The molecule has 0 radical (unpaired) electrons. The normalized spacial score (nSPS) is 21.9. The number of amides is 1. The van der Waals surface area contributed by atoms with E-state index in [0.717, 1.165) is 30.4 Å². The molecule has 6 heteroatoms. The SMILES string of the molecule is CCCCCO[C@@H]1[C@@H](N(C)C(=O)OC(C)(C)C)[C@H](OCc2ccccc2)C[C@@H]1OCc1ccccc1. The van der Waals surface area contributed by atoms with Crippen LogP contribution in [0.3, 0.4) is 0 Å². The molecule has 36 heavy (non-hydrogen) atoms. The summed E-state index contributed by atoms with van der Waals surface area (Å²) in [5.41, 5.74) is 1.60. The molecule has 1 aliphatic carbocycles. The predicted molar refractivity (Wildman–Crippen MR) is 142 cm³/mol. The Morgan fingerprint density at radius 1 is 0.861 bits per heavy atom. The molecular weight excluding hydrogens is 454 g/mol. The van der Waals surface area contributed by atoms with Gasteiger partial charge in [-0.1, -0.05) is 80.4 Å². The van der Waals surface area contributed by atoms with E-state index >= 15 is 0 Å². The van der Waals surface area contributed by atoms with Crippen LogP contribution in [0.2, 0.25) is 0 Å². The first-order valence-corrected chi connectivity index (χ1v) is 13.2. The van der Waals surface area contributed by atoms with Crippen molar-refractivity contribution in [2.24, 2.45) is 0 Å². The van der Waals surface area contributed by atoms with Crippen molar-refractivity contribution in [2.45, 2.75) is 96.5 Å². The van der Waals surface area contributed by atoms with Crippen LogP contribution >= 0.6 is 0 Å². The first-order valence-electron chi connectivity index (χ1n) is 13.2. The summed E-state index contributed by atoms with van der Waals surface area (Å²) in [4.78, 5) is 14.8. The number of hydrogen-bond donors (Lipinski definition) is 0. The third-order valence-electron chi connectivity index (χ3n) is 6.35. The molecule has 0 aromatic heterocycles. The van der Waals surface area contributed by atoms with E-state index < -0.39 is 5.60 Å². The lowest BCUT2D eigenvalue weighted by Gasteiger charge is -2.35. The lowest BCUT2D eigenvalue weighted by Crippen LogP contribution is -2.51. The molecule has 0 saturated heterocycles. The van der Waals surface area contributed by atoms with Gasteiger partial charge in [-0.25, -0.2) is 4.79 Å². The Bertz CT molecular complexity index is 899. The molecule has 6 nitrogen and oxygen atoms in total. The van der Waals surface area contributed by atoms with Gasteiger partial charge in [0.2, 0.25) is 0 Å². The molecule has 0 unspecified atom stereocenters. The summed E-state index contributed by atoms with van der Waals surface area (Å²) in [6.07, 6.45) is 2.67. The highest BCUT2D eigenvalue weighted by Gasteiger charge is 2.49. The minimum atomic E-state index is -0.592. The molecule has 4 atom stereocenters. The van der Waals surface area contributed by atoms with Crippen LogP contribution in [0.15, 0.2) is 60.7 Å². The number of nitrogens with zero attached hydrogens (tertiary/aromatic N) is 1. The van der Waals surface area contributed by atoms with Crippen LogP contribution in [0.1, 0.15) is 64.5 Å². The van der Waals surface area contributed by atoms with Crippen molar-refractivity contribution in [3.63, 3.8) is 0 Å². The summed E-state index contributed by atoms with van der Waals surface area (Å²) in [5, 5.41) is 0. The molecule has 1 amide bonds. The van der Waals surface area contributed by atoms with Crippen molar-refractivity contribution in [2.75, 3.05) is 13.7 Å². The van der Waals surface area contributed by atoms with Crippen molar-refractivity contribution < 1.29 is 23.7 Å². The second-order valence-corrected chi connectivity index (χ2v) is 10.5. The lowest BCUT2D eigenvalue weighted by atomic mass is 10.1. The van der Waals surface area contributed by atoms with Gasteiger partial charge in [0.1, 0.15) is 11.7 Å². The van der Waals surface area contributed by atoms with Crippen molar-refractivity contribution in [3.05, 3.63) is 71.8 Å². The number of benzene rings is 2. The third kappa shape index (κ3) is 8.61. The van der Waals surface area contributed by atoms with Gasteiger partial charge in [0, 0.05) is 20.1 Å². The number of ether oxygens (including phenoxy) is 4. The summed E-state index contributed by atoms with van der Waals surface area (Å²) < 4.78 is 25.0. The summed E-state index contributed by atoms with van der Waals surface area (Å²) in [6.45, 7) is 9.36. The molecule has 1 saturated carbocycles. The maximum absolute atomic E-state index is 13.1. The van der Waals surface area contributed by atoms with Gasteiger partial charge in [-0.05, 0) is 38.3 Å². The van der Waals surface area contributed by atoms with Gasteiger partial charge in [0.15, 0.2) is 0 Å². The minimum Gasteiger partial charge on any atom is -0.444 e. The lowest BCUT2D eigenvalue weighted by molar-refractivity contribution is -0.0903. The van der Waals surface area contributed by atoms with Crippen LogP contribution in [0.25, 0.3) is 0 Å². The predicted octanol–water partition coefficient (Wildman–Crippen LogP) is 6.37. The van der Waals surface area contributed by atoms with Crippen LogP contribution in [0, 0.1) is 0 Å². The third-order valence-corrected chi connectivity index (χ3v) is 6.35. The molecule has 0 spiro atoms. The maximum atomic E-state index is 13.1. The van der Waals surface area contributed by atoms with E-state index in [1.807, 2.05) is 69.3 Å². The number of rotatable bonds is 12. The highest BCUT2D eigenvalue weighted by Crippen LogP contribution is 2.34. The smallest absolute Gasteiger partial charge is 0.410 e. The highest BCUT2D eigenvalue weighted by molar-refractivity contribution is 5.68. The molecular formula is C30H43NO5.